The van der Waals surface area contributed by atoms with Gasteiger partial charge in [-0.2, -0.15) is 0 Å². The maximum atomic E-state index is 13.3. The summed E-state index contributed by atoms with van der Waals surface area (Å²) in [5.41, 5.74) is 2.10. The standard InChI is InChI=1S/C25H28BrN3O2/c1-19-11-12-22(31-19)18-29(25(30)27-24-10-6-5-9-23(24)26)21-13-15-28(16-14-21)17-20-7-3-2-4-8-20/h2-12,21H,13-18H2,1H3,(H,27,30). The van der Waals surface area contributed by atoms with Crippen LogP contribution in [0.1, 0.15) is 29.9 Å². The Bertz CT molecular complexity index is 997. The van der Waals surface area contributed by atoms with E-state index in [0.29, 0.717) is 6.54 Å². The van der Waals surface area contributed by atoms with Crippen LogP contribution < -0.4 is 5.32 Å². The number of hydrogen-bond donors (Lipinski definition) is 1. The minimum atomic E-state index is -0.0949. The SMILES string of the molecule is Cc1ccc(CN(C(=O)Nc2ccccc2Br)C2CCN(Cc3ccccc3)CC2)o1. The van der Waals surface area contributed by atoms with Crippen LogP contribution in [0, 0.1) is 6.92 Å². The van der Waals surface area contributed by atoms with E-state index in [0.717, 1.165) is 54.2 Å². The largest absolute Gasteiger partial charge is 0.464 e. The first-order chi connectivity index (χ1) is 15.1. The number of aryl methyl sites for hydroxylation is 1. The Morgan fingerprint density at radius 3 is 2.45 bits per heavy atom. The molecule has 4 rings (SSSR count). The summed E-state index contributed by atoms with van der Waals surface area (Å²) < 4.78 is 6.66. The quantitative estimate of drug-likeness (QED) is 0.466. The molecule has 0 spiro atoms. The van der Waals surface area contributed by atoms with Crippen LogP contribution in [0.4, 0.5) is 10.5 Å². The van der Waals surface area contributed by atoms with Crippen LogP contribution in [0.15, 0.2) is 75.6 Å². The van der Waals surface area contributed by atoms with Gasteiger partial charge >= 0.3 is 6.03 Å². The normalized spacial score (nSPS) is 15.0. The molecule has 2 heterocycles. The molecular weight excluding hydrogens is 454 g/mol. The lowest BCUT2D eigenvalue weighted by molar-refractivity contribution is 0.115. The number of halogens is 1. The third kappa shape index (κ3) is 5.77. The van der Waals surface area contributed by atoms with E-state index < -0.39 is 0 Å². The summed E-state index contributed by atoms with van der Waals surface area (Å²) in [6, 6.07) is 22.2. The number of rotatable bonds is 6. The number of urea groups is 1. The molecule has 1 aliphatic heterocycles. The fourth-order valence-corrected chi connectivity index (χ4v) is 4.47. The predicted octanol–water partition coefficient (Wildman–Crippen LogP) is 6.05. The first kappa shape index (κ1) is 21.7. The van der Waals surface area contributed by atoms with Crippen molar-refractivity contribution in [3.63, 3.8) is 0 Å². The van der Waals surface area contributed by atoms with Crippen molar-refractivity contribution in [1.82, 2.24) is 9.80 Å². The summed E-state index contributed by atoms with van der Waals surface area (Å²) >= 11 is 3.52. The van der Waals surface area contributed by atoms with Crippen molar-refractivity contribution in [1.29, 1.82) is 0 Å². The molecule has 2 aromatic carbocycles. The molecule has 1 aliphatic rings. The highest BCUT2D eigenvalue weighted by atomic mass is 79.9. The van der Waals surface area contributed by atoms with Crippen molar-refractivity contribution >= 4 is 27.6 Å². The van der Waals surface area contributed by atoms with Gasteiger partial charge in [-0.3, -0.25) is 4.90 Å². The second-order valence-corrected chi connectivity index (χ2v) is 8.90. The van der Waals surface area contributed by atoms with Gasteiger partial charge in [0.05, 0.1) is 12.2 Å². The number of benzene rings is 2. The lowest BCUT2D eigenvalue weighted by Crippen LogP contribution is -2.48. The first-order valence-corrected chi connectivity index (χ1v) is 11.5. The highest BCUT2D eigenvalue weighted by Gasteiger charge is 2.29. The van der Waals surface area contributed by atoms with E-state index in [1.807, 2.05) is 54.3 Å². The third-order valence-electron chi connectivity index (χ3n) is 5.75. The number of amides is 2. The predicted molar refractivity (Wildman–Crippen MR) is 127 cm³/mol. The first-order valence-electron chi connectivity index (χ1n) is 10.7. The molecule has 5 nitrogen and oxygen atoms in total. The fourth-order valence-electron chi connectivity index (χ4n) is 4.09. The summed E-state index contributed by atoms with van der Waals surface area (Å²) in [7, 11) is 0. The van der Waals surface area contributed by atoms with Crippen molar-refractivity contribution in [3.8, 4) is 0 Å². The summed E-state index contributed by atoms with van der Waals surface area (Å²) in [6.45, 7) is 5.28. The van der Waals surface area contributed by atoms with Crippen molar-refractivity contribution < 1.29 is 9.21 Å². The average Bonchev–Trinajstić information content (AvgIpc) is 3.20. The molecule has 1 saturated heterocycles. The molecule has 3 aromatic rings. The molecule has 1 N–H and O–H groups in total. The number of para-hydroxylation sites is 1. The van der Waals surface area contributed by atoms with Gasteiger partial charge in [-0.05, 0) is 65.5 Å². The van der Waals surface area contributed by atoms with E-state index in [-0.39, 0.29) is 12.1 Å². The molecule has 1 aromatic heterocycles. The van der Waals surface area contributed by atoms with Gasteiger partial charge in [-0.25, -0.2) is 4.79 Å². The highest BCUT2D eigenvalue weighted by molar-refractivity contribution is 9.10. The fraction of sp³-hybridized carbons (Fsp3) is 0.320. The number of carbonyl (C=O) groups is 1. The van der Waals surface area contributed by atoms with Crippen LogP contribution in [0.5, 0.6) is 0 Å². The Hall–Kier alpha value is -2.57. The lowest BCUT2D eigenvalue weighted by atomic mass is 10.0. The second kappa shape index (κ2) is 10.2. The molecule has 31 heavy (non-hydrogen) atoms. The molecule has 162 valence electrons. The summed E-state index contributed by atoms with van der Waals surface area (Å²) in [6.07, 6.45) is 1.88. The van der Waals surface area contributed by atoms with Gasteiger partial charge in [0, 0.05) is 30.1 Å². The molecule has 0 atom stereocenters. The Balaban J connectivity index is 1.44. The number of anilines is 1. The van der Waals surface area contributed by atoms with Gasteiger partial charge in [0.25, 0.3) is 0 Å². The van der Waals surface area contributed by atoms with Gasteiger partial charge in [0.2, 0.25) is 0 Å². The number of furan rings is 1. The van der Waals surface area contributed by atoms with Gasteiger partial charge in [-0.1, -0.05) is 42.5 Å². The van der Waals surface area contributed by atoms with E-state index in [9.17, 15) is 4.79 Å². The second-order valence-electron chi connectivity index (χ2n) is 8.04. The average molecular weight is 482 g/mol. The van der Waals surface area contributed by atoms with Crippen LogP contribution >= 0.6 is 15.9 Å². The van der Waals surface area contributed by atoms with Crippen molar-refractivity contribution in [2.45, 2.75) is 38.9 Å². The van der Waals surface area contributed by atoms with Crippen LogP contribution in [-0.4, -0.2) is 35.0 Å². The van der Waals surface area contributed by atoms with Crippen LogP contribution in [-0.2, 0) is 13.1 Å². The Morgan fingerprint density at radius 1 is 1.06 bits per heavy atom. The molecule has 1 fully saturated rings. The van der Waals surface area contributed by atoms with E-state index >= 15 is 0 Å². The van der Waals surface area contributed by atoms with Crippen molar-refractivity contribution in [2.75, 3.05) is 18.4 Å². The lowest BCUT2D eigenvalue weighted by Gasteiger charge is -2.38. The van der Waals surface area contributed by atoms with Gasteiger partial charge in [0.1, 0.15) is 11.5 Å². The van der Waals surface area contributed by atoms with Crippen LogP contribution in [0.25, 0.3) is 0 Å². The van der Waals surface area contributed by atoms with Crippen LogP contribution in [0.3, 0.4) is 0 Å². The highest BCUT2D eigenvalue weighted by Crippen LogP contribution is 2.25. The molecule has 2 amide bonds. The van der Waals surface area contributed by atoms with Crippen LogP contribution in [0.2, 0.25) is 0 Å². The maximum absolute atomic E-state index is 13.3. The van der Waals surface area contributed by atoms with Gasteiger partial charge in [0.15, 0.2) is 0 Å². The molecule has 0 aliphatic carbocycles. The zero-order chi connectivity index (χ0) is 21.6. The van der Waals surface area contributed by atoms with Crippen molar-refractivity contribution in [2.24, 2.45) is 0 Å². The van der Waals surface area contributed by atoms with Gasteiger partial charge in [-0.15, -0.1) is 0 Å². The third-order valence-corrected chi connectivity index (χ3v) is 6.44. The summed E-state index contributed by atoms with van der Waals surface area (Å²) in [4.78, 5) is 17.7. The Labute approximate surface area is 192 Å². The molecule has 0 saturated carbocycles. The van der Waals surface area contributed by atoms with E-state index in [4.69, 9.17) is 4.42 Å². The zero-order valence-corrected chi connectivity index (χ0v) is 19.3. The number of likely N-dealkylation sites (tertiary alicyclic amines) is 1. The molecule has 0 bridgehead atoms. The monoisotopic (exact) mass is 481 g/mol. The number of hydrogen-bond acceptors (Lipinski definition) is 3. The summed E-state index contributed by atoms with van der Waals surface area (Å²) in [5, 5.41) is 3.07. The number of piperidine rings is 1. The Morgan fingerprint density at radius 2 is 1.77 bits per heavy atom. The molecule has 0 radical (unpaired) electrons. The minimum Gasteiger partial charge on any atom is -0.464 e. The number of nitrogens with one attached hydrogen (secondary N) is 1. The zero-order valence-electron chi connectivity index (χ0n) is 17.8. The number of nitrogens with zero attached hydrogens (tertiary/aromatic N) is 2. The minimum absolute atomic E-state index is 0.0949. The maximum Gasteiger partial charge on any atom is 0.322 e. The molecule has 6 heteroatoms. The van der Waals surface area contributed by atoms with Crippen molar-refractivity contribution in [3.05, 3.63) is 88.3 Å². The Kier molecular flexibility index (Phi) is 7.10. The number of carbonyl (C=O) groups excluding carboxylic acids is 1. The van der Waals surface area contributed by atoms with E-state index in [2.05, 4.69) is 50.4 Å². The van der Waals surface area contributed by atoms with E-state index in [1.54, 1.807) is 0 Å². The smallest absolute Gasteiger partial charge is 0.322 e. The topological polar surface area (TPSA) is 48.7 Å². The van der Waals surface area contributed by atoms with Gasteiger partial charge < -0.3 is 14.6 Å². The van der Waals surface area contributed by atoms with E-state index in [1.165, 1.54) is 5.56 Å². The molecule has 0 unspecified atom stereocenters. The summed E-state index contributed by atoms with van der Waals surface area (Å²) in [5.74, 6) is 1.67. The molecular formula is C25H28BrN3O2.